The lowest BCUT2D eigenvalue weighted by molar-refractivity contribution is -0.136. The minimum Gasteiger partial charge on any atom is -0.342 e. The van der Waals surface area contributed by atoms with Gasteiger partial charge in [0.15, 0.2) is 0 Å². The second-order valence-corrected chi connectivity index (χ2v) is 8.78. The zero-order valence-electron chi connectivity index (χ0n) is 18.0. The first kappa shape index (κ1) is 20.7. The quantitative estimate of drug-likeness (QED) is 0.819. The number of fused-ring (bicyclic) bond motifs is 2. The monoisotopic (exact) mass is 412 g/mol. The third-order valence-electron chi connectivity index (χ3n) is 7.34. The van der Waals surface area contributed by atoms with Crippen LogP contribution in [0.2, 0.25) is 0 Å². The molecule has 4 amide bonds. The normalized spacial score (nSPS) is 25.0. The lowest BCUT2D eigenvalue weighted by atomic mass is 9.75. The molecule has 1 N–H and O–H groups in total. The number of hydrogen-bond acceptors (Lipinski definition) is 3. The van der Waals surface area contributed by atoms with Crippen molar-refractivity contribution in [3.63, 3.8) is 0 Å². The average Bonchev–Trinajstić information content (AvgIpc) is 3.29. The van der Waals surface area contributed by atoms with Gasteiger partial charge in [-0.2, -0.15) is 0 Å². The number of rotatable bonds is 4. The number of amides is 4. The number of carbonyl (C=O) groups is 3. The van der Waals surface area contributed by atoms with Gasteiger partial charge in [-0.15, -0.1) is 0 Å². The van der Waals surface area contributed by atoms with E-state index in [1.807, 2.05) is 39.8 Å². The molecule has 0 bridgehead atoms. The van der Waals surface area contributed by atoms with Gasteiger partial charge < -0.3 is 20.0 Å². The molecule has 7 heteroatoms. The first-order valence-electron chi connectivity index (χ1n) is 11.1. The molecule has 1 aromatic carbocycles. The highest BCUT2D eigenvalue weighted by Crippen LogP contribution is 2.49. The van der Waals surface area contributed by atoms with Gasteiger partial charge in [-0.3, -0.25) is 9.59 Å². The summed E-state index contributed by atoms with van der Waals surface area (Å²) < 4.78 is 0. The molecule has 7 nitrogen and oxygen atoms in total. The molecule has 3 heterocycles. The number of benzene rings is 1. The van der Waals surface area contributed by atoms with Crippen LogP contribution < -0.4 is 5.32 Å². The van der Waals surface area contributed by atoms with Crippen LogP contribution in [0.3, 0.4) is 0 Å². The van der Waals surface area contributed by atoms with Gasteiger partial charge in [-0.1, -0.05) is 30.3 Å². The molecular formula is C23H32N4O3. The lowest BCUT2D eigenvalue weighted by Gasteiger charge is -2.47. The summed E-state index contributed by atoms with van der Waals surface area (Å²) in [4.78, 5) is 43.3. The van der Waals surface area contributed by atoms with Crippen LogP contribution >= 0.6 is 0 Å². The van der Waals surface area contributed by atoms with Crippen molar-refractivity contribution in [2.75, 3.05) is 39.3 Å². The summed E-state index contributed by atoms with van der Waals surface area (Å²) in [5.74, 6) is 0.329. The number of piperidine rings is 1. The second kappa shape index (κ2) is 8.28. The highest BCUT2D eigenvalue weighted by molar-refractivity contribution is 5.85. The van der Waals surface area contributed by atoms with Crippen molar-refractivity contribution < 1.29 is 14.4 Å². The summed E-state index contributed by atoms with van der Waals surface area (Å²) in [6.07, 6.45) is 2.38. The molecule has 0 saturated carbocycles. The van der Waals surface area contributed by atoms with Crippen molar-refractivity contribution in [3.05, 3.63) is 35.9 Å². The Labute approximate surface area is 178 Å². The van der Waals surface area contributed by atoms with Gasteiger partial charge in [0, 0.05) is 52.1 Å². The van der Waals surface area contributed by atoms with Crippen molar-refractivity contribution in [2.45, 2.75) is 38.6 Å². The molecule has 3 saturated heterocycles. The van der Waals surface area contributed by atoms with Crippen LogP contribution in [0.1, 0.15) is 32.3 Å². The molecule has 3 aliphatic heterocycles. The lowest BCUT2D eigenvalue weighted by Crippen LogP contribution is -2.59. The van der Waals surface area contributed by atoms with E-state index in [9.17, 15) is 14.4 Å². The van der Waals surface area contributed by atoms with E-state index in [1.54, 1.807) is 6.92 Å². The van der Waals surface area contributed by atoms with Gasteiger partial charge in [-0.05, 0) is 31.7 Å². The number of hydrogen-bond donors (Lipinski definition) is 1. The van der Waals surface area contributed by atoms with Crippen LogP contribution in [0.4, 0.5) is 4.79 Å². The molecule has 0 unspecified atom stereocenters. The van der Waals surface area contributed by atoms with E-state index in [-0.39, 0.29) is 35.2 Å². The van der Waals surface area contributed by atoms with Gasteiger partial charge in [0.1, 0.15) is 0 Å². The minimum atomic E-state index is -0.221. The highest BCUT2D eigenvalue weighted by atomic mass is 16.2. The van der Waals surface area contributed by atoms with Crippen molar-refractivity contribution in [1.82, 2.24) is 20.0 Å². The molecule has 30 heavy (non-hydrogen) atoms. The molecule has 2 atom stereocenters. The molecule has 0 aromatic heterocycles. The van der Waals surface area contributed by atoms with Crippen molar-refractivity contribution in [1.29, 1.82) is 0 Å². The predicted octanol–water partition coefficient (Wildman–Crippen LogP) is 1.73. The third-order valence-corrected chi connectivity index (χ3v) is 7.34. The Morgan fingerprint density at radius 2 is 1.80 bits per heavy atom. The summed E-state index contributed by atoms with van der Waals surface area (Å²) in [5, 5.41) is 3.04. The van der Waals surface area contributed by atoms with E-state index in [0.717, 1.165) is 19.3 Å². The number of likely N-dealkylation sites (tertiary alicyclic amines) is 3. The number of nitrogens with one attached hydrogen (secondary N) is 1. The maximum Gasteiger partial charge on any atom is 0.317 e. The maximum absolute atomic E-state index is 13.0. The summed E-state index contributed by atoms with van der Waals surface area (Å²) in [7, 11) is 0. The molecular weight excluding hydrogens is 380 g/mol. The SMILES string of the molecule is CCN1C(=O)[C@H]2CN(C(C)=O)C[C@H]2C12CCN(C(=O)NCCc1ccccc1)CC2. The van der Waals surface area contributed by atoms with E-state index in [2.05, 4.69) is 17.4 Å². The zero-order chi connectivity index (χ0) is 21.3. The third kappa shape index (κ3) is 3.55. The maximum atomic E-state index is 13.0. The Kier molecular flexibility index (Phi) is 5.71. The Bertz CT molecular complexity index is 804. The van der Waals surface area contributed by atoms with Crippen LogP contribution in [-0.2, 0) is 16.0 Å². The Balaban J connectivity index is 1.36. The summed E-state index contributed by atoms with van der Waals surface area (Å²) in [6.45, 7) is 7.41. The van der Waals surface area contributed by atoms with E-state index >= 15 is 0 Å². The molecule has 4 rings (SSSR count). The molecule has 162 valence electrons. The molecule has 0 aliphatic carbocycles. The van der Waals surface area contributed by atoms with E-state index in [1.165, 1.54) is 5.56 Å². The predicted molar refractivity (Wildman–Crippen MR) is 114 cm³/mol. The van der Waals surface area contributed by atoms with Gasteiger partial charge in [-0.25, -0.2) is 4.79 Å². The summed E-state index contributed by atoms with van der Waals surface area (Å²) >= 11 is 0. The Morgan fingerprint density at radius 3 is 2.43 bits per heavy atom. The number of carbonyl (C=O) groups excluding carboxylic acids is 3. The fourth-order valence-corrected chi connectivity index (χ4v) is 5.75. The fourth-order valence-electron chi connectivity index (χ4n) is 5.75. The zero-order valence-corrected chi connectivity index (χ0v) is 18.0. The highest BCUT2D eigenvalue weighted by Gasteiger charge is 2.61. The van der Waals surface area contributed by atoms with E-state index in [4.69, 9.17) is 0 Å². The van der Waals surface area contributed by atoms with Crippen molar-refractivity contribution in [2.24, 2.45) is 11.8 Å². The van der Waals surface area contributed by atoms with E-state index < -0.39 is 0 Å². The largest absolute Gasteiger partial charge is 0.342 e. The standard InChI is InChI=1S/C23H32N4O3/c1-3-27-21(29)19-15-26(17(2)28)16-20(19)23(27)10-13-25(14-11-23)22(30)24-12-9-18-7-5-4-6-8-18/h4-8,19-20H,3,9-16H2,1-2H3,(H,24,30)/t19-,20+/m0/s1. The fraction of sp³-hybridized carbons (Fsp3) is 0.609. The Morgan fingerprint density at radius 1 is 1.10 bits per heavy atom. The molecule has 3 aliphatic rings. The number of urea groups is 1. The van der Waals surface area contributed by atoms with Crippen molar-refractivity contribution in [3.8, 4) is 0 Å². The Hall–Kier alpha value is -2.57. The van der Waals surface area contributed by atoms with Gasteiger partial charge >= 0.3 is 6.03 Å². The van der Waals surface area contributed by atoms with Gasteiger partial charge in [0.05, 0.1) is 11.5 Å². The average molecular weight is 413 g/mol. The van der Waals surface area contributed by atoms with Crippen molar-refractivity contribution >= 4 is 17.8 Å². The minimum absolute atomic E-state index is 0.0264. The summed E-state index contributed by atoms with van der Waals surface area (Å²) in [5.41, 5.74) is 0.988. The second-order valence-electron chi connectivity index (χ2n) is 8.78. The van der Waals surface area contributed by atoms with Crippen LogP contribution in [0, 0.1) is 11.8 Å². The first-order valence-corrected chi connectivity index (χ1v) is 11.1. The molecule has 3 fully saturated rings. The molecule has 0 radical (unpaired) electrons. The van der Waals surface area contributed by atoms with Crippen LogP contribution in [0.15, 0.2) is 30.3 Å². The number of nitrogens with zero attached hydrogens (tertiary/aromatic N) is 3. The topological polar surface area (TPSA) is 73.0 Å². The molecule has 1 spiro atoms. The van der Waals surface area contributed by atoms with Gasteiger partial charge in [0.2, 0.25) is 11.8 Å². The molecule has 1 aromatic rings. The summed E-state index contributed by atoms with van der Waals surface area (Å²) in [6, 6.07) is 10.1. The van der Waals surface area contributed by atoms with Gasteiger partial charge in [0.25, 0.3) is 0 Å². The first-order chi connectivity index (χ1) is 14.5. The van der Waals surface area contributed by atoms with Crippen LogP contribution in [0.25, 0.3) is 0 Å². The smallest absolute Gasteiger partial charge is 0.317 e. The van der Waals surface area contributed by atoms with E-state index in [0.29, 0.717) is 39.3 Å². The van der Waals surface area contributed by atoms with Crippen LogP contribution in [-0.4, -0.2) is 77.4 Å². The van der Waals surface area contributed by atoms with Crippen LogP contribution in [0.5, 0.6) is 0 Å².